The molecule has 3 N–H and O–H groups in total. The van der Waals surface area contributed by atoms with Gasteiger partial charge >= 0.3 is 12.1 Å². The molecular formula is C21H26N2O5. The first-order chi connectivity index (χ1) is 13.6. The molecule has 0 spiro atoms. The Balaban J connectivity index is 1.85. The number of nitrogens with two attached hydrogens (primary N) is 1. The molecule has 0 aliphatic carbocycles. The summed E-state index contributed by atoms with van der Waals surface area (Å²) in [6.45, 7) is 0.567. The molecule has 1 aromatic rings. The van der Waals surface area contributed by atoms with E-state index in [1.807, 2.05) is 36.4 Å². The van der Waals surface area contributed by atoms with E-state index in [1.165, 1.54) is 4.90 Å². The van der Waals surface area contributed by atoms with E-state index in [0.717, 1.165) is 5.56 Å². The van der Waals surface area contributed by atoms with Crippen molar-refractivity contribution in [3.05, 3.63) is 48.0 Å². The second-order valence-corrected chi connectivity index (χ2v) is 6.44. The lowest BCUT2D eigenvalue weighted by molar-refractivity contribution is -0.144. The second kappa shape index (κ2) is 11.8. The monoisotopic (exact) mass is 386 g/mol. The lowest BCUT2D eigenvalue weighted by Gasteiger charge is -2.31. The van der Waals surface area contributed by atoms with Crippen LogP contribution in [0.3, 0.4) is 0 Å². The van der Waals surface area contributed by atoms with Gasteiger partial charge in [-0.25, -0.2) is 4.79 Å². The summed E-state index contributed by atoms with van der Waals surface area (Å²) in [4.78, 5) is 28.6. The Hall–Kier alpha value is -2.82. The molecule has 7 heteroatoms. The van der Waals surface area contributed by atoms with Crippen LogP contribution in [0.4, 0.5) is 4.79 Å². The number of carbonyl (C=O) groups excluding carboxylic acids is 2. The summed E-state index contributed by atoms with van der Waals surface area (Å²) in [7, 11) is 0. The third-order valence-electron chi connectivity index (χ3n) is 4.31. The Bertz CT molecular complexity index is 723. The van der Waals surface area contributed by atoms with Crippen molar-refractivity contribution in [2.75, 3.05) is 13.2 Å². The molecule has 28 heavy (non-hydrogen) atoms. The van der Waals surface area contributed by atoms with E-state index in [-0.39, 0.29) is 19.0 Å². The van der Waals surface area contributed by atoms with E-state index >= 15 is 0 Å². The minimum Gasteiger partial charge on any atom is -0.449 e. The summed E-state index contributed by atoms with van der Waals surface area (Å²) >= 11 is 0. The molecule has 2 rings (SSSR count). The average Bonchev–Trinajstić information content (AvgIpc) is 2.70. The largest absolute Gasteiger partial charge is 0.449 e. The van der Waals surface area contributed by atoms with Crippen LogP contribution >= 0.6 is 0 Å². The van der Waals surface area contributed by atoms with E-state index in [2.05, 4.69) is 16.7 Å². The number of benzene rings is 1. The molecule has 2 atom stereocenters. The molecular weight excluding hydrogens is 360 g/mol. The van der Waals surface area contributed by atoms with Crippen molar-refractivity contribution in [2.24, 2.45) is 5.90 Å². The van der Waals surface area contributed by atoms with Crippen molar-refractivity contribution < 1.29 is 24.3 Å². The van der Waals surface area contributed by atoms with E-state index in [1.54, 1.807) is 6.08 Å². The first-order valence-electron chi connectivity index (χ1n) is 9.29. The number of rotatable bonds is 8. The molecule has 1 heterocycles. The minimum atomic E-state index is -0.629. The van der Waals surface area contributed by atoms with Crippen molar-refractivity contribution in [3.8, 4) is 11.8 Å². The van der Waals surface area contributed by atoms with Gasteiger partial charge in [0.25, 0.3) is 0 Å². The van der Waals surface area contributed by atoms with Crippen LogP contribution in [0.15, 0.2) is 42.5 Å². The van der Waals surface area contributed by atoms with Gasteiger partial charge in [0, 0.05) is 25.7 Å². The van der Waals surface area contributed by atoms with Gasteiger partial charge in [-0.15, -0.1) is 5.92 Å². The average molecular weight is 386 g/mol. The number of ether oxygens (including phenoxy) is 1. The number of hydrogen-bond donors (Lipinski definition) is 2. The van der Waals surface area contributed by atoms with Gasteiger partial charge in [0.2, 0.25) is 0 Å². The summed E-state index contributed by atoms with van der Waals surface area (Å²) in [5, 5.41) is 10.2. The van der Waals surface area contributed by atoms with E-state index in [0.29, 0.717) is 32.3 Å². The third kappa shape index (κ3) is 7.43. The van der Waals surface area contributed by atoms with Crippen molar-refractivity contribution in [1.29, 1.82) is 0 Å². The number of hydrogen-bond acceptors (Lipinski definition) is 6. The van der Waals surface area contributed by atoms with E-state index in [4.69, 9.17) is 10.6 Å². The predicted molar refractivity (Wildman–Crippen MR) is 104 cm³/mol. The number of unbranched alkanes of at least 4 members (excludes halogenated alkanes) is 1. The zero-order valence-corrected chi connectivity index (χ0v) is 15.8. The SMILES string of the molecule is NOC(=O)CCCC#CCN1C(=O)OCC[C@@H]1C=CC(O)Cc1ccccc1. The third-order valence-corrected chi connectivity index (χ3v) is 4.31. The molecule has 1 aromatic carbocycles. The molecule has 0 bridgehead atoms. The van der Waals surface area contributed by atoms with Crippen LogP contribution in [0.25, 0.3) is 0 Å². The van der Waals surface area contributed by atoms with Gasteiger partial charge in [0.15, 0.2) is 0 Å². The highest BCUT2D eigenvalue weighted by Gasteiger charge is 2.27. The van der Waals surface area contributed by atoms with Crippen molar-refractivity contribution in [1.82, 2.24) is 4.90 Å². The first-order valence-corrected chi connectivity index (χ1v) is 9.29. The van der Waals surface area contributed by atoms with Crippen molar-refractivity contribution in [2.45, 2.75) is 44.2 Å². The number of aliphatic hydroxyl groups is 1. The number of aliphatic hydroxyl groups excluding tert-OH is 1. The Morgan fingerprint density at radius 3 is 2.93 bits per heavy atom. The minimum absolute atomic E-state index is 0.173. The molecule has 1 amide bonds. The Morgan fingerprint density at radius 1 is 1.39 bits per heavy atom. The zero-order chi connectivity index (χ0) is 20.2. The topological polar surface area (TPSA) is 102 Å². The van der Waals surface area contributed by atoms with Crippen LogP contribution in [-0.4, -0.2) is 47.4 Å². The van der Waals surface area contributed by atoms with Crippen LogP contribution < -0.4 is 5.90 Å². The molecule has 1 unspecified atom stereocenters. The highest BCUT2D eigenvalue weighted by atomic mass is 16.7. The summed E-state index contributed by atoms with van der Waals surface area (Å²) in [6.07, 6.45) is 4.93. The fourth-order valence-corrected chi connectivity index (χ4v) is 2.81. The van der Waals surface area contributed by atoms with Gasteiger partial charge in [-0.1, -0.05) is 48.4 Å². The zero-order valence-electron chi connectivity index (χ0n) is 15.8. The van der Waals surface area contributed by atoms with E-state index in [9.17, 15) is 14.7 Å². The van der Waals surface area contributed by atoms with Crippen LogP contribution in [0.2, 0.25) is 0 Å². The lowest BCUT2D eigenvalue weighted by atomic mass is 10.1. The smallest absolute Gasteiger partial charge is 0.411 e. The summed E-state index contributed by atoms with van der Waals surface area (Å²) in [6, 6.07) is 9.55. The Morgan fingerprint density at radius 2 is 2.18 bits per heavy atom. The molecule has 1 aliphatic heterocycles. The molecule has 0 saturated carbocycles. The maximum Gasteiger partial charge on any atom is 0.411 e. The van der Waals surface area contributed by atoms with E-state index < -0.39 is 18.2 Å². The predicted octanol–water partition coefficient (Wildman–Crippen LogP) is 1.95. The Labute approximate surface area is 165 Å². The van der Waals surface area contributed by atoms with Gasteiger partial charge in [-0.05, 0) is 12.0 Å². The van der Waals surface area contributed by atoms with Gasteiger partial charge in [-0.3, -0.25) is 9.69 Å². The lowest BCUT2D eigenvalue weighted by Crippen LogP contribution is -2.44. The van der Waals surface area contributed by atoms with Crippen LogP contribution in [-0.2, 0) is 20.8 Å². The number of nitrogens with zero attached hydrogens (tertiary/aromatic N) is 1. The molecule has 0 radical (unpaired) electrons. The number of amides is 1. The van der Waals surface area contributed by atoms with Crippen LogP contribution in [0, 0.1) is 11.8 Å². The van der Waals surface area contributed by atoms with Crippen molar-refractivity contribution >= 4 is 12.1 Å². The van der Waals surface area contributed by atoms with Gasteiger partial charge < -0.3 is 14.7 Å². The quantitative estimate of drug-likeness (QED) is 0.306. The Kier molecular flexibility index (Phi) is 9.05. The molecule has 0 aromatic heterocycles. The number of cyclic esters (lactones) is 1. The maximum atomic E-state index is 12.1. The highest BCUT2D eigenvalue weighted by Crippen LogP contribution is 2.15. The van der Waals surface area contributed by atoms with Gasteiger partial charge in [-0.2, -0.15) is 5.90 Å². The summed E-state index contributed by atoms with van der Waals surface area (Å²) in [5.41, 5.74) is 1.05. The highest BCUT2D eigenvalue weighted by molar-refractivity contribution is 5.69. The fraction of sp³-hybridized carbons (Fsp3) is 0.429. The van der Waals surface area contributed by atoms with Crippen molar-refractivity contribution in [3.63, 3.8) is 0 Å². The van der Waals surface area contributed by atoms with Gasteiger partial charge in [0.05, 0.1) is 25.3 Å². The summed E-state index contributed by atoms with van der Waals surface area (Å²) in [5.74, 6) is 10.2. The maximum absolute atomic E-state index is 12.1. The summed E-state index contributed by atoms with van der Waals surface area (Å²) < 4.78 is 5.10. The molecule has 150 valence electrons. The molecule has 1 fully saturated rings. The normalized spacial score (nSPS) is 17.6. The fourth-order valence-electron chi connectivity index (χ4n) is 2.81. The second-order valence-electron chi connectivity index (χ2n) is 6.44. The number of carbonyl (C=O) groups is 2. The molecule has 7 nitrogen and oxygen atoms in total. The van der Waals surface area contributed by atoms with Gasteiger partial charge in [0.1, 0.15) is 0 Å². The molecule has 1 aliphatic rings. The van der Waals surface area contributed by atoms with Crippen LogP contribution in [0.5, 0.6) is 0 Å². The standard InChI is InChI=1S/C21H26N2O5/c22-28-20(25)10-6-1-2-7-14-23-18(13-15-27-21(23)26)11-12-19(24)16-17-8-4-3-5-9-17/h3-5,8-9,11-12,18-19,24H,1,6,10,13-16,22H2/t18-,19?/m0/s1. The van der Waals surface area contributed by atoms with Crippen LogP contribution in [0.1, 0.15) is 31.2 Å². The first kappa shape index (κ1) is 21.5. The molecule has 1 saturated heterocycles.